The van der Waals surface area contributed by atoms with Crippen molar-refractivity contribution in [3.63, 3.8) is 0 Å². The number of hydrogen-bond donors (Lipinski definition) is 2. The first-order chi connectivity index (χ1) is 10.5. The van der Waals surface area contributed by atoms with Gasteiger partial charge < -0.3 is 5.32 Å². The highest BCUT2D eigenvalue weighted by atomic mass is 19.1. The van der Waals surface area contributed by atoms with Crippen LogP contribution in [0.15, 0.2) is 48.5 Å². The quantitative estimate of drug-likeness (QED) is 0.885. The van der Waals surface area contributed by atoms with Crippen LogP contribution in [0, 0.1) is 11.6 Å². The van der Waals surface area contributed by atoms with Crippen LogP contribution >= 0.6 is 0 Å². The number of amides is 1. The van der Waals surface area contributed by atoms with E-state index in [0.29, 0.717) is 0 Å². The summed E-state index contributed by atoms with van der Waals surface area (Å²) >= 11 is 0. The van der Waals surface area contributed by atoms with Gasteiger partial charge in [0.15, 0.2) is 0 Å². The normalized spacial score (nSPS) is 13.5. The lowest BCUT2D eigenvalue weighted by molar-refractivity contribution is -0.118. The van der Waals surface area contributed by atoms with Crippen molar-refractivity contribution in [3.05, 3.63) is 65.7 Å². The van der Waals surface area contributed by atoms with Gasteiger partial charge in [0.2, 0.25) is 5.91 Å². The van der Waals surface area contributed by atoms with E-state index in [0.717, 1.165) is 17.7 Å². The Morgan fingerprint density at radius 3 is 2.14 bits per heavy atom. The lowest BCUT2D eigenvalue weighted by Gasteiger charge is -2.20. The molecule has 2 aromatic carbocycles. The van der Waals surface area contributed by atoms with Crippen molar-refractivity contribution >= 4 is 11.6 Å². The van der Waals surface area contributed by atoms with E-state index in [1.807, 2.05) is 37.3 Å². The molecule has 5 heteroatoms. The molecule has 0 aliphatic heterocycles. The standard InChI is InChI=1S/C17H18F2N2O/c1-11(13-7-4-3-5-8-13)20-12(2)17(22)21-16-14(18)9-6-10-15(16)19/h3-12,20H,1-2H3,(H,21,22)/t11-,12-/m1/s1. The van der Waals surface area contributed by atoms with Gasteiger partial charge >= 0.3 is 0 Å². The van der Waals surface area contributed by atoms with E-state index in [9.17, 15) is 13.6 Å². The second-order valence-corrected chi connectivity index (χ2v) is 5.11. The number of anilines is 1. The van der Waals surface area contributed by atoms with Gasteiger partial charge in [0.25, 0.3) is 0 Å². The first-order valence-electron chi connectivity index (χ1n) is 7.05. The third-order valence-electron chi connectivity index (χ3n) is 3.40. The first kappa shape index (κ1) is 16.1. The highest BCUT2D eigenvalue weighted by Gasteiger charge is 2.19. The predicted molar refractivity (Wildman–Crippen MR) is 82.4 cm³/mol. The zero-order valence-electron chi connectivity index (χ0n) is 12.4. The molecule has 0 aliphatic rings. The summed E-state index contributed by atoms with van der Waals surface area (Å²) in [5, 5.41) is 5.38. The highest BCUT2D eigenvalue weighted by molar-refractivity contribution is 5.94. The zero-order chi connectivity index (χ0) is 16.1. The Hall–Kier alpha value is -2.27. The first-order valence-corrected chi connectivity index (χ1v) is 7.05. The molecule has 116 valence electrons. The summed E-state index contributed by atoms with van der Waals surface area (Å²) in [7, 11) is 0. The number of nitrogens with one attached hydrogen (secondary N) is 2. The molecule has 0 spiro atoms. The largest absolute Gasteiger partial charge is 0.320 e. The number of carbonyl (C=O) groups is 1. The smallest absolute Gasteiger partial charge is 0.241 e. The van der Waals surface area contributed by atoms with Gasteiger partial charge in [-0.25, -0.2) is 8.78 Å². The third-order valence-corrected chi connectivity index (χ3v) is 3.40. The summed E-state index contributed by atoms with van der Waals surface area (Å²) < 4.78 is 27.1. The zero-order valence-corrected chi connectivity index (χ0v) is 12.4. The third kappa shape index (κ3) is 3.89. The van der Waals surface area contributed by atoms with Gasteiger partial charge in [-0.15, -0.1) is 0 Å². The fourth-order valence-corrected chi connectivity index (χ4v) is 2.14. The minimum atomic E-state index is -0.795. The van der Waals surface area contributed by atoms with Gasteiger partial charge in [-0.3, -0.25) is 10.1 Å². The SMILES string of the molecule is C[C@@H](N[C@H](C)c1ccccc1)C(=O)Nc1c(F)cccc1F. The molecular formula is C17H18F2N2O. The second kappa shape index (κ2) is 7.13. The van der Waals surface area contributed by atoms with Gasteiger partial charge in [0, 0.05) is 6.04 Å². The maximum Gasteiger partial charge on any atom is 0.241 e. The Morgan fingerprint density at radius 2 is 1.55 bits per heavy atom. The number of benzene rings is 2. The van der Waals surface area contributed by atoms with E-state index >= 15 is 0 Å². The van der Waals surface area contributed by atoms with Crippen LogP contribution in [0.1, 0.15) is 25.5 Å². The van der Waals surface area contributed by atoms with E-state index in [-0.39, 0.29) is 6.04 Å². The summed E-state index contributed by atoms with van der Waals surface area (Å²) in [5.41, 5.74) is 0.604. The number of rotatable bonds is 5. The monoisotopic (exact) mass is 304 g/mol. The molecule has 2 N–H and O–H groups in total. The van der Waals surface area contributed by atoms with Crippen molar-refractivity contribution in [2.45, 2.75) is 25.9 Å². The molecule has 0 aliphatic carbocycles. The van der Waals surface area contributed by atoms with E-state index in [1.54, 1.807) is 6.92 Å². The van der Waals surface area contributed by atoms with Gasteiger partial charge in [0.05, 0.1) is 6.04 Å². The number of hydrogen-bond acceptors (Lipinski definition) is 2. The maximum absolute atomic E-state index is 13.5. The molecule has 0 unspecified atom stereocenters. The summed E-state index contributed by atoms with van der Waals surface area (Å²) in [5.74, 6) is -2.08. The number of halogens is 2. The van der Waals surface area contributed by atoms with Crippen molar-refractivity contribution < 1.29 is 13.6 Å². The Balaban J connectivity index is 2.01. The lowest BCUT2D eigenvalue weighted by atomic mass is 10.1. The molecular weight excluding hydrogens is 286 g/mol. The van der Waals surface area contributed by atoms with Gasteiger partial charge in [-0.05, 0) is 31.5 Å². The molecule has 1 amide bonds. The molecule has 0 saturated heterocycles. The summed E-state index contributed by atoms with van der Waals surface area (Å²) in [6, 6.07) is 12.4. The second-order valence-electron chi connectivity index (χ2n) is 5.11. The van der Waals surface area contributed by atoms with E-state index < -0.39 is 29.3 Å². The molecule has 0 heterocycles. The molecule has 2 aromatic rings. The fraction of sp³-hybridized carbons (Fsp3) is 0.235. The lowest BCUT2D eigenvalue weighted by Crippen LogP contribution is -2.39. The topological polar surface area (TPSA) is 41.1 Å². The number of para-hydroxylation sites is 1. The van der Waals surface area contributed by atoms with Crippen LogP contribution in [0.5, 0.6) is 0 Å². The molecule has 2 rings (SSSR count). The van der Waals surface area contributed by atoms with Crippen LogP contribution in [-0.4, -0.2) is 11.9 Å². The molecule has 0 saturated carbocycles. The summed E-state index contributed by atoms with van der Waals surface area (Å²) in [6.07, 6.45) is 0. The van der Waals surface area contributed by atoms with Crippen molar-refractivity contribution in [2.75, 3.05) is 5.32 Å². The van der Waals surface area contributed by atoms with Crippen LogP contribution in [0.2, 0.25) is 0 Å². The van der Waals surface area contributed by atoms with Gasteiger partial charge in [-0.2, -0.15) is 0 Å². The molecule has 3 nitrogen and oxygen atoms in total. The average molecular weight is 304 g/mol. The van der Waals surface area contributed by atoms with Crippen molar-refractivity contribution in [1.82, 2.24) is 5.32 Å². The fourth-order valence-electron chi connectivity index (χ4n) is 2.14. The van der Waals surface area contributed by atoms with Crippen molar-refractivity contribution in [3.8, 4) is 0 Å². The maximum atomic E-state index is 13.5. The Kier molecular flexibility index (Phi) is 5.22. The Morgan fingerprint density at radius 1 is 0.955 bits per heavy atom. The molecule has 0 radical (unpaired) electrons. The van der Waals surface area contributed by atoms with E-state index in [4.69, 9.17) is 0 Å². The Labute approximate surface area is 128 Å². The minimum absolute atomic E-state index is 0.0626. The number of carbonyl (C=O) groups excluding carboxylic acids is 1. The van der Waals surface area contributed by atoms with Crippen molar-refractivity contribution in [2.24, 2.45) is 0 Å². The van der Waals surface area contributed by atoms with Crippen LogP contribution in [0.4, 0.5) is 14.5 Å². The highest BCUT2D eigenvalue weighted by Crippen LogP contribution is 2.18. The summed E-state index contributed by atoms with van der Waals surface area (Å²) in [4.78, 5) is 12.1. The van der Waals surface area contributed by atoms with Crippen LogP contribution in [-0.2, 0) is 4.79 Å². The van der Waals surface area contributed by atoms with Crippen LogP contribution in [0.3, 0.4) is 0 Å². The predicted octanol–water partition coefficient (Wildman–Crippen LogP) is 3.64. The minimum Gasteiger partial charge on any atom is -0.320 e. The van der Waals surface area contributed by atoms with E-state index in [1.165, 1.54) is 6.07 Å². The molecule has 0 bridgehead atoms. The van der Waals surface area contributed by atoms with Crippen molar-refractivity contribution in [1.29, 1.82) is 0 Å². The molecule has 0 aromatic heterocycles. The van der Waals surface area contributed by atoms with Gasteiger partial charge in [-0.1, -0.05) is 36.4 Å². The molecule has 0 fully saturated rings. The molecule has 2 atom stereocenters. The average Bonchev–Trinajstić information content (AvgIpc) is 2.51. The van der Waals surface area contributed by atoms with Crippen LogP contribution < -0.4 is 10.6 Å². The van der Waals surface area contributed by atoms with E-state index in [2.05, 4.69) is 10.6 Å². The van der Waals surface area contributed by atoms with Crippen LogP contribution in [0.25, 0.3) is 0 Å². The van der Waals surface area contributed by atoms with Gasteiger partial charge in [0.1, 0.15) is 17.3 Å². The Bertz CT molecular complexity index is 626. The molecule has 22 heavy (non-hydrogen) atoms. The summed E-state index contributed by atoms with van der Waals surface area (Å²) in [6.45, 7) is 3.57.